The summed E-state index contributed by atoms with van der Waals surface area (Å²) in [6.45, 7) is 2.49. The van der Waals surface area contributed by atoms with E-state index in [1.807, 2.05) is 0 Å². The molecule has 0 spiro atoms. The van der Waals surface area contributed by atoms with Crippen molar-refractivity contribution in [2.24, 2.45) is 5.73 Å². The van der Waals surface area contributed by atoms with Crippen LogP contribution in [0.3, 0.4) is 0 Å². The smallest absolute Gasteiger partial charge is 0.0449 e. The first-order valence-electron chi connectivity index (χ1n) is 6.02. The molecule has 3 nitrogen and oxygen atoms in total. The number of nitrogens with zero attached hydrogens (tertiary/aromatic N) is 1. The van der Waals surface area contributed by atoms with Gasteiger partial charge in [0.15, 0.2) is 0 Å². The molecule has 16 heavy (non-hydrogen) atoms. The Morgan fingerprint density at radius 1 is 1.19 bits per heavy atom. The summed E-state index contributed by atoms with van der Waals surface area (Å²) in [6.07, 6.45) is 3.22. The maximum Gasteiger partial charge on any atom is 0.0449 e. The van der Waals surface area contributed by atoms with Crippen LogP contribution in [0.2, 0.25) is 0 Å². The Kier molecular flexibility index (Phi) is 3.80. The van der Waals surface area contributed by atoms with E-state index in [0.29, 0.717) is 6.42 Å². The number of aliphatic hydroxyl groups is 1. The van der Waals surface area contributed by atoms with E-state index < -0.39 is 0 Å². The third kappa shape index (κ3) is 2.54. The van der Waals surface area contributed by atoms with E-state index in [2.05, 4.69) is 29.2 Å². The Labute approximate surface area is 96.9 Å². The number of benzene rings is 1. The van der Waals surface area contributed by atoms with E-state index in [1.165, 1.54) is 31.6 Å². The summed E-state index contributed by atoms with van der Waals surface area (Å²) in [6, 6.07) is 8.38. The van der Waals surface area contributed by atoms with E-state index in [0.717, 1.165) is 5.56 Å². The van der Waals surface area contributed by atoms with Gasteiger partial charge in [-0.05, 0) is 37.0 Å². The SMILES string of the molecule is N[C@H](CCO)c1ccc(N2CCCC2)cc1. The Hall–Kier alpha value is -1.06. The highest BCUT2D eigenvalue weighted by Gasteiger charge is 2.12. The largest absolute Gasteiger partial charge is 0.396 e. The number of nitrogens with two attached hydrogens (primary N) is 1. The molecule has 2 rings (SSSR count). The molecule has 3 heteroatoms. The second-order valence-electron chi connectivity index (χ2n) is 4.40. The van der Waals surface area contributed by atoms with Crippen molar-refractivity contribution >= 4 is 5.69 Å². The molecule has 88 valence electrons. The van der Waals surface area contributed by atoms with Crippen molar-refractivity contribution in [2.75, 3.05) is 24.6 Å². The van der Waals surface area contributed by atoms with Gasteiger partial charge in [-0.3, -0.25) is 0 Å². The van der Waals surface area contributed by atoms with E-state index >= 15 is 0 Å². The van der Waals surface area contributed by atoms with Crippen LogP contribution in [0.1, 0.15) is 30.9 Å². The third-order valence-electron chi connectivity index (χ3n) is 3.23. The number of hydrogen-bond donors (Lipinski definition) is 2. The van der Waals surface area contributed by atoms with Gasteiger partial charge in [-0.1, -0.05) is 12.1 Å². The fourth-order valence-electron chi connectivity index (χ4n) is 2.21. The van der Waals surface area contributed by atoms with Crippen LogP contribution in [0, 0.1) is 0 Å². The molecular weight excluding hydrogens is 200 g/mol. The van der Waals surface area contributed by atoms with Crippen molar-refractivity contribution in [3.8, 4) is 0 Å². The standard InChI is InChI=1S/C13H20N2O/c14-13(7-10-16)11-3-5-12(6-4-11)15-8-1-2-9-15/h3-6,13,16H,1-2,7-10,14H2/t13-/m1/s1. The van der Waals surface area contributed by atoms with E-state index in [1.54, 1.807) is 0 Å². The zero-order valence-electron chi connectivity index (χ0n) is 9.60. The van der Waals surface area contributed by atoms with Crippen LogP contribution in [0.15, 0.2) is 24.3 Å². The molecule has 0 aromatic heterocycles. The molecule has 1 atom stereocenters. The number of aliphatic hydroxyl groups excluding tert-OH is 1. The monoisotopic (exact) mass is 220 g/mol. The summed E-state index contributed by atoms with van der Waals surface area (Å²) in [5.74, 6) is 0. The normalized spacial score (nSPS) is 17.8. The third-order valence-corrected chi connectivity index (χ3v) is 3.23. The molecular formula is C13H20N2O. The minimum Gasteiger partial charge on any atom is -0.396 e. The summed E-state index contributed by atoms with van der Waals surface area (Å²) >= 11 is 0. The molecule has 1 aromatic rings. The van der Waals surface area contributed by atoms with Crippen LogP contribution in [-0.4, -0.2) is 24.8 Å². The van der Waals surface area contributed by atoms with Gasteiger partial charge in [-0.15, -0.1) is 0 Å². The lowest BCUT2D eigenvalue weighted by Crippen LogP contribution is -2.18. The molecule has 1 aromatic carbocycles. The lowest BCUT2D eigenvalue weighted by atomic mass is 10.0. The molecule has 0 aliphatic carbocycles. The molecule has 0 radical (unpaired) electrons. The van der Waals surface area contributed by atoms with Gasteiger partial charge in [0.1, 0.15) is 0 Å². The Balaban J connectivity index is 2.03. The van der Waals surface area contributed by atoms with Crippen LogP contribution in [0.25, 0.3) is 0 Å². The van der Waals surface area contributed by atoms with E-state index in [9.17, 15) is 0 Å². The average Bonchev–Trinajstić information content (AvgIpc) is 2.83. The highest BCUT2D eigenvalue weighted by atomic mass is 16.3. The van der Waals surface area contributed by atoms with Gasteiger partial charge < -0.3 is 15.7 Å². The number of rotatable bonds is 4. The van der Waals surface area contributed by atoms with Gasteiger partial charge in [0.2, 0.25) is 0 Å². The summed E-state index contributed by atoms with van der Waals surface area (Å²) in [7, 11) is 0. The fourth-order valence-corrected chi connectivity index (χ4v) is 2.21. The van der Waals surface area contributed by atoms with Crippen LogP contribution in [0.5, 0.6) is 0 Å². The van der Waals surface area contributed by atoms with E-state index in [-0.39, 0.29) is 12.6 Å². The Morgan fingerprint density at radius 2 is 1.81 bits per heavy atom. The van der Waals surface area contributed by atoms with Crippen molar-refractivity contribution in [3.05, 3.63) is 29.8 Å². The summed E-state index contributed by atoms with van der Waals surface area (Å²) in [5.41, 5.74) is 8.33. The van der Waals surface area contributed by atoms with E-state index in [4.69, 9.17) is 10.8 Å². The van der Waals surface area contributed by atoms with Crippen molar-refractivity contribution in [1.82, 2.24) is 0 Å². The van der Waals surface area contributed by atoms with Gasteiger partial charge in [0, 0.05) is 31.4 Å². The van der Waals surface area contributed by atoms with Crippen LogP contribution < -0.4 is 10.6 Å². The number of anilines is 1. The minimum absolute atomic E-state index is 0.0439. The molecule has 1 heterocycles. The molecule has 0 unspecified atom stereocenters. The van der Waals surface area contributed by atoms with Gasteiger partial charge in [0.25, 0.3) is 0 Å². The maximum absolute atomic E-state index is 8.84. The Bertz CT molecular complexity index is 317. The summed E-state index contributed by atoms with van der Waals surface area (Å²) in [4.78, 5) is 2.40. The van der Waals surface area contributed by atoms with Gasteiger partial charge >= 0.3 is 0 Å². The zero-order chi connectivity index (χ0) is 11.4. The van der Waals surface area contributed by atoms with Crippen LogP contribution in [0.4, 0.5) is 5.69 Å². The molecule has 1 aliphatic heterocycles. The molecule has 0 bridgehead atoms. The van der Waals surface area contributed by atoms with Crippen molar-refractivity contribution in [1.29, 1.82) is 0 Å². The van der Waals surface area contributed by atoms with Crippen molar-refractivity contribution in [3.63, 3.8) is 0 Å². The zero-order valence-corrected chi connectivity index (χ0v) is 9.60. The molecule has 1 aliphatic rings. The van der Waals surface area contributed by atoms with Crippen molar-refractivity contribution in [2.45, 2.75) is 25.3 Å². The van der Waals surface area contributed by atoms with Crippen molar-refractivity contribution < 1.29 is 5.11 Å². The molecule has 0 amide bonds. The summed E-state index contributed by atoms with van der Waals surface area (Å²) < 4.78 is 0. The Morgan fingerprint density at radius 3 is 2.38 bits per heavy atom. The second-order valence-corrected chi connectivity index (χ2v) is 4.40. The molecule has 0 saturated carbocycles. The lowest BCUT2D eigenvalue weighted by Gasteiger charge is -2.18. The first kappa shape index (κ1) is 11.4. The van der Waals surface area contributed by atoms with Crippen LogP contribution in [-0.2, 0) is 0 Å². The van der Waals surface area contributed by atoms with Gasteiger partial charge in [0.05, 0.1) is 0 Å². The maximum atomic E-state index is 8.84. The van der Waals surface area contributed by atoms with Crippen LogP contribution >= 0.6 is 0 Å². The fraction of sp³-hybridized carbons (Fsp3) is 0.538. The number of hydrogen-bond acceptors (Lipinski definition) is 3. The first-order valence-corrected chi connectivity index (χ1v) is 6.02. The molecule has 1 fully saturated rings. The second kappa shape index (κ2) is 5.32. The summed E-state index contributed by atoms with van der Waals surface area (Å²) in [5, 5.41) is 8.84. The highest BCUT2D eigenvalue weighted by molar-refractivity contribution is 5.48. The molecule has 1 saturated heterocycles. The highest BCUT2D eigenvalue weighted by Crippen LogP contribution is 2.22. The predicted octanol–water partition coefficient (Wildman–Crippen LogP) is 1.67. The minimum atomic E-state index is -0.0439. The van der Waals surface area contributed by atoms with Gasteiger partial charge in [-0.25, -0.2) is 0 Å². The average molecular weight is 220 g/mol. The molecule has 3 N–H and O–H groups in total. The lowest BCUT2D eigenvalue weighted by molar-refractivity contribution is 0.276. The quantitative estimate of drug-likeness (QED) is 0.811. The first-order chi connectivity index (χ1) is 7.81. The topological polar surface area (TPSA) is 49.5 Å². The predicted molar refractivity (Wildman–Crippen MR) is 66.5 cm³/mol. The van der Waals surface area contributed by atoms with Gasteiger partial charge in [-0.2, -0.15) is 0 Å².